The lowest BCUT2D eigenvalue weighted by molar-refractivity contribution is -0.0462. The van der Waals surface area contributed by atoms with E-state index >= 15 is 0 Å². The van der Waals surface area contributed by atoms with Crippen molar-refractivity contribution < 1.29 is 4.74 Å². The minimum absolute atomic E-state index is 0.149. The molecule has 1 nitrogen and oxygen atoms in total. The van der Waals surface area contributed by atoms with Gasteiger partial charge in [0.05, 0.1) is 0 Å². The smallest absolute Gasteiger partial charge is 0.120 e. The zero-order chi connectivity index (χ0) is 14.2. The van der Waals surface area contributed by atoms with Crippen molar-refractivity contribution in [2.24, 2.45) is 5.41 Å². The second kappa shape index (κ2) is 5.65. The standard InChI is InChI=1S/C16H22BrClO/c1-5-16(6-2)13(18)9-14(16)19-12-7-10(3)15(17)11(4)8-12/h7-8,13-14H,5-6,9H2,1-4H3. The monoisotopic (exact) mass is 344 g/mol. The number of alkyl halides is 1. The molecule has 0 bridgehead atoms. The van der Waals surface area contributed by atoms with Gasteiger partial charge >= 0.3 is 0 Å². The molecule has 0 spiro atoms. The Morgan fingerprint density at radius 1 is 1.26 bits per heavy atom. The molecule has 0 heterocycles. The number of hydrogen-bond donors (Lipinski definition) is 0. The van der Waals surface area contributed by atoms with E-state index in [4.69, 9.17) is 16.3 Å². The lowest BCUT2D eigenvalue weighted by atomic mass is 9.62. The van der Waals surface area contributed by atoms with E-state index in [1.807, 2.05) is 0 Å². The molecular weight excluding hydrogens is 324 g/mol. The van der Waals surface area contributed by atoms with Gasteiger partial charge in [0.2, 0.25) is 0 Å². The van der Waals surface area contributed by atoms with Crippen LogP contribution in [0, 0.1) is 19.3 Å². The first-order valence-corrected chi connectivity index (χ1v) is 8.25. The van der Waals surface area contributed by atoms with Crippen LogP contribution in [0.3, 0.4) is 0 Å². The number of hydrogen-bond acceptors (Lipinski definition) is 1. The van der Waals surface area contributed by atoms with E-state index in [-0.39, 0.29) is 16.9 Å². The summed E-state index contributed by atoms with van der Waals surface area (Å²) in [5.41, 5.74) is 2.59. The van der Waals surface area contributed by atoms with Crippen LogP contribution in [-0.4, -0.2) is 11.5 Å². The van der Waals surface area contributed by atoms with Crippen LogP contribution in [0.4, 0.5) is 0 Å². The van der Waals surface area contributed by atoms with Gasteiger partial charge in [0.1, 0.15) is 11.9 Å². The Labute approximate surface area is 129 Å². The Morgan fingerprint density at radius 2 is 1.79 bits per heavy atom. The summed E-state index contributed by atoms with van der Waals surface area (Å²) in [4.78, 5) is 0. The van der Waals surface area contributed by atoms with Gasteiger partial charge in [-0.25, -0.2) is 0 Å². The van der Waals surface area contributed by atoms with Crippen molar-refractivity contribution in [3.8, 4) is 5.75 Å². The van der Waals surface area contributed by atoms with Gasteiger partial charge in [0, 0.05) is 21.7 Å². The lowest BCUT2D eigenvalue weighted by Crippen LogP contribution is -2.56. The van der Waals surface area contributed by atoms with Crippen LogP contribution in [0.5, 0.6) is 5.75 Å². The highest BCUT2D eigenvalue weighted by molar-refractivity contribution is 9.10. The molecule has 1 aliphatic carbocycles. The highest BCUT2D eigenvalue weighted by Crippen LogP contribution is 2.52. The fraction of sp³-hybridized carbons (Fsp3) is 0.625. The molecule has 1 fully saturated rings. The largest absolute Gasteiger partial charge is 0.490 e. The van der Waals surface area contributed by atoms with E-state index in [9.17, 15) is 0 Å². The van der Waals surface area contributed by atoms with Crippen LogP contribution >= 0.6 is 27.5 Å². The molecule has 2 rings (SSSR count). The zero-order valence-corrected chi connectivity index (χ0v) is 14.4. The molecule has 1 aromatic carbocycles. The van der Waals surface area contributed by atoms with Gasteiger partial charge in [0.15, 0.2) is 0 Å². The molecule has 0 radical (unpaired) electrons. The number of benzene rings is 1. The zero-order valence-electron chi connectivity index (χ0n) is 12.1. The fourth-order valence-electron chi connectivity index (χ4n) is 3.15. The minimum Gasteiger partial charge on any atom is -0.490 e. The predicted octanol–water partition coefficient (Wildman–Crippen LogP) is 5.63. The Hall–Kier alpha value is -0.210. The Kier molecular flexibility index (Phi) is 4.52. The molecule has 0 aromatic heterocycles. The highest BCUT2D eigenvalue weighted by atomic mass is 79.9. The van der Waals surface area contributed by atoms with Crippen LogP contribution < -0.4 is 4.74 Å². The summed E-state index contributed by atoms with van der Waals surface area (Å²) < 4.78 is 7.40. The molecule has 106 valence electrons. The van der Waals surface area contributed by atoms with Gasteiger partial charge in [-0.2, -0.15) is 0 Å². The third-order valence-corrected chi connectivity index (χ3v) is 6.55. The van der Waals surface area contributed by atoms with Crippen LogP contribution in [0.2, 0.25) is 0 Å². The van der Waals surface area contributed by atoms with Crippen LogP contribution in [0.25, 0.3) is 0 Å². The summed E-state index contributed by atoms with van der Waals surface area (Å²) in [5.74, 6) is 0.970. The average molecular weight is 346 g/mol. The van der Waals surface area contributed by atoms with Crippen molar-refractivity contribution in [3.63, 3.8) is 0 Å². The van der Waals surface area contributed by atoms with Crippen molar-refractivity contribution in [2.45, 2.75) is 58.4 Å². The van der Waals surface area contributed by atoms with E-state index in [1.165, 1.54) is 15.6 Å². The molecule has 0 saturated heterocycles. The van der Waals surface area contributed by atoms with Gasteiger partial charge in [-0.3, -0.25) is 0 Å². The van der Waals surface area contributed by atoms with Crippen molar-refractivity contribution >= 4 is 27.5 Å². The van der Waals surface area contributed by atoms with E-state index in [2.05, 4.69) is 55.8 Å². The van der Waals surface area contributed by atoms with Gasteiger partial charge < -0.3 is 4.74 Å². The van der Waals surface area contributed by atoms with E-state index in [0.29, 0.717) is 0 Å². The van der Waals surface area contributed by atoms with Gasteiger partial charge in [-0.05, 0) is 49.9 Å². The normalized spacial score (nSPS) is 24.9. The Balaban J connectivity index is 2.19. The predicted molar refractivity (Wildman–Crippen MR) is 85.3 cm³/mol. The minimum atomic E-state index is 0.149. The first-order chi connectivity index (χ1) is 8.94. The second-order valence-electron chi connectivity index (χ2n) is 5.62. The quantitative estimate of drug-likeness (QED) is 0.642. The molecule has 1 aromatic rings. The van der Waals surface area contributed by atoms with Crippen molar-refractivity contribution in [1.82, 2.24) is 0 Å². The third-order valence-electron chi connectivity index (χ3n) is 4.69. The lowest BCUT2D eigenvalue weighted by Gasteiger charge is -2.52. The molecule has 1 aliphatic rings. The highest BCUT2D eigenvalue weighted by Gasteiger charge is 2.53. The number of halogens is 2. The van der Waals surface area contributed by atoms with E-state index in [0.717, 1.165) is 25.0 Å². The summed E-state index contributed by atoms with van der Waals surface area (Å²) in [6.07, 6.45) is 3.37. The van der Waals surface area contributed by atoms with Crippen LogP contribution in [-0.2, 0) is 0 Å². The van der Waals surface area contributed by atoms with Gasteiger partial charge in [-0.15, -0.1) is 11.6 Å². The van der Waals surface area contributed by atoms with Crippen molar-refractivity contribution in [3.05, 3.63) is 27.7 Å². The Bertz CT molecular complexity index is 445. The molecule has 19 heavy (non-hydrogen) atoms. The van der Waals surface area contributed by atoms with Gasteiger partial charge in [-0.1, -0.05) is 29.8 Å². The number of rotatable bonds is 4. The summed E-state index contributed by atoms with van der Waals surface area (Å²) in [6.45, 7) is 8.63. The molecule has 0 aliphatic heterocycles. The molecule has 3 heteroatoms. The molecule has 0 amide bonds. The second-order valence-corrected chi connectivity index (χ2v) is 6.94. The van der Waals surface area contributed by atoms with Crippen LogP contribution in [0.1, 0.15) is 44.2 Å². The van der Waals surface area contributed by atoms with Crippen LogP contribution in [0.15, 0.2) is 16.6 Å². The maximum atomic E-state index is 6.43. The third kappa shape index (κ3) is 2.54. The van der Waals surface area contributed by atoms with Crippen molar-refractivity contribution in [2.75, 3.05) is 0 Å². The average Bonchev–Trinajstić information content (AvgIpc) is 2.37. The summed E-state index contributed by atoms with van der Waals surface area (Å²) in [6, 6.07) is 4.21. The summed E-state index contributed by atoms with van der Waals surface area (Å²) in [5, 5.41) is 0.255. The maximum absolute atomic E-state index is 6.43. The SMILES string of the molecule is CCC1(CC)C(Cl)CC1Oc1cc(C)c(Br)c(C)c1. The molecule has 2 unspecified atom stereocenters. The van der Waals surface area contributed by atoms with Gasteiger partial charge in [0.25, 0.3) is 0 Å². The molecular formula is C16H22BrClO. The number of ether oxygens (including phenoxy) is 1. The summed E-state index contributed by atoms with van der Waals surface area (Å²) in [7, 11) is 0. The molecule has 0 N–H and O–H groups in total. The van der Waals surface area contributed by atoms with E-state index in [1.54, 1.807) is 0 Å². The molecule has 1 saturated carbocycles. The number of aryl methyl sites for hydroxylation is 2. The van der Waals surface area contributed by atoms with E-state index < -0.39 is 0 Å². The maximum Gasteiger partial charge on any atom is 0.120 e. The Morgan fingerprint density at radius 3 is 2.21 bits per heavy atom. The fourth-order valence-corrected chi connectivity index (χ4v) is 3.99. The molecule has 2 atom stereocenters. The first kappa shape index (κ1) is 15.2. The summed E-state index contributed by atoms with van der Waals surface area (Å²) >= 11 is 10.0. The van der Waals surface area contributed by atoms with Crippen molar-refractivity contribution in [1.29, 1.82) is 0 Å². The first-order valence-electron chi connectivity index (χ1n) is 7.02. The topological polar surface area (TPSA) is 9.23 Å².